The molecule has 0 bridgehead atoms. The Kier molecular flexibility index (Phi) is 6.07. The number of pyridine rings is 1. The van der Waals surface area contributed by atoms with Crippen LogP contribution in [0.5, 0.6) is 0 Å². The molecule has 1 heterocycles. The van der Waals surface area contributed by atoms with Crippen molar-refractivity contribution < 1.29 is 4.79 Å². The lowest BCUT2D eigenvalue weighted by Gasteiger charge is -2.06. The van der Waals surface area contributed by atoms with Crippen LogP contribution in [0.15, 0.2) is 18.3 Å². The van der Waals surface area contributed by atoms with E-state index in [0.29, 0.717) is 11.4 Å². The molecule has 17 heavy (non-hydrogen) atoms. The number of aromatic nitrogens is 1. The Morgan fingerprint density at radius 3 is 2.88 bits per heavy atom. The molecule has 0 unspecified atom stereocenters. The number of carbonyl (C=O) groups excluding carboxylic acids is 1. The number of nitrogens with zero attached hydrogens (tertiary/aromatic N) is 1. The average Bonchev–Trinajstić information content (AvgIpc) is 2.38. The van der Waals surface area contributed by atoms with E-state index in [9.17, 15) is 4.79 Å². The Labute approximate surface area is 103 Å². The highest BCUT2D eigenvalue weighted by Crippen LogP contribution is 2.05. The standard InChI is InChI=1S/C13H21N3O/c1-3-4-5-6-8-16-13(17)11-7-9-15-12(10-11)14-2/h7,9-10H,3-6,8H2,1-2H3,(H,14,15)(H,16,17). The molecule has 0 fully saturated rings. The zero-order valence-electron chi connectivity index (χ0n) is 10.6. The third kappa shape index (κ3) is 4.85. The van der Waals surface area contributed by atoms with Gasteiger partial charge in [0.25, 0.3) is 5.91 Å². The summed E-state index contributed by atoms with van der Waals surface area (Å²) in [4.78, 5) is 15.8. The number of amides is 1. The fourth-order valence-corrected chi connectivity index (χ4v) is 1.56. The van der Waals surface area contributed by atoms with Crippen LogP contribution in [-0.2, 0) is 0 Å². The maximum Gasteiger partial charge on any atom is 0.251 e. The minimum absolute atomic E-state index is 0.0274. The van der Waals surface area contributed by atoms with Gasteiger partial charge >= 0.3 is 0 Å². The second-order valence-electron chi connectivity index (χ2n) is 4.00. The van der Waals surface area contributed by atoms with Gasteiger partial charge in [-0.05, 0) is 18.6 Å². The molecular formula is C13H21N3O. The van der Waals surface area contributed by atoms with Crippen molar-refractivity contribution in [2.45, 2.75) is 32.6 Å². The van der Waals surface area contributed by atoms with Crippen molar-refractivity contribution in [3.05, 3.63) is 23.9 Å². The van der Waals surface area contributed by atoms with Gasteiger partial charge in [0.2, 0.25) is 0 Å². The van der Waals surface area contributed by atoms with Gasteiger partial charge in [-0.15, -0.1) is 0 Å². The lowest BCUT2D eigenvalue weighted by atomic mass is 10.2. The zero-order valence-corrected chi connectivity index (χ0v) is 10.6. The van der Waals surface area contributed by atoms with Crippen molar-refractivity contribution in [3.63, 3.8) is 0 Å². The third-order valence-electron chi connectivity index (χ3n) is 2.59. The number of unbranched alkanes of at least 4 members (excludes halogenated alkanes) is 3. The second kappa shape index (κ2) is 7.65. The number of rotatable bonds is 7. The van der Waals surface area contributed by atoms with E-state index in [1.165, 1.54) is 19.3 Å². The normalized spacial score (nSPS) is 10.0. The summed E-state index contributed by atoms with van der Waals surface area (Å²) in [5.41, 5.74) is 0.653. The molecule has 0 aliphatic carbocycles. The first kappa shape index (κ1) is 13.5. The SMILES string of the molecule is CCCCCCNC(=O)c1ccnc(NC)c1. The van der Waals surface area contributed by atoms with Crippen LogP contribution in [0.1, 0.15) is 43.0 Å². The molecule has 1 amide bonds. The van der Waals surface area contributed by atoms with Crippen molar-refractivity contribution in [3.8, 4) is 0 Å². The Balaban J connectivity index is 2.36. The summed E-state index contributed by atoms with van der Waals surface area (Å²) >= 11 is 0. The van der Waals surface area contributed by atoms with Gasteiger partial charge in [-0.3, -0.25) is 4.79 Å². The molecule has 94 valence electrons. The van der Waals surface area contributed by atoms with Gasteiger partial charge in [0.05, 0.1) is 0 Å². The molecule has 4 heteroatoms. The Hall–Kier alpha value is -1.58. The molecule has 0 saturated heterocycles. The smallest absolute Gasteiger partial charge is 0.251 e. The maximum absolute atomic E-state index is 11.8. The van der Waals surface area contributed by atoms with Gasteiger partial charge in [0.1, 0.15) is 5.82 Å². The number of nitrogens with one attached hydrogen (secondary N) is 2. The molecule has 0 radical (unpaired) electrons. The first-order chi connectivity index (χ1) is 8.27. The highest BCUT2D eigenvalue weighted by atomic mass is 16.1. The Bertz CT molecular complexity index is 352. The average molecular weight is 235 g/mol. The van der Waals surface area contributed by atoms with Crippen LogP contribution in [0.2, 0.25) is 0 Å². The van der Waals surface area contributed by atoms with Gasteiger partial charge in [0.15, 0.2) is 0 Å². The maximum atomic E-state index is 11.8. The highest BCUT2D eigenvalue weighted by Gasteiger charge is 2.05. The third-order valence-corrected chi connectivity index (χ3v) is 2.59. The van der Waals surface area contributed by atoms with Gasteiger partial charge in [0, 0.05) is 25.4 Å². The number of hydrogen-bond acceptors (Lipinski definition) is 3. The van der Waals surface area contributed by atoms with Gasteiger partial charge in [-0.25, -0.2) is 4.98 Å². The van der Waals surface area contributed by atoms with Crippen molar-refractivity contribution in [2.75, 3.05) is 18.9 Å². The summed E-state index contributed by atoms with van der Waals surface area (Å²) < 4.78 is 0. The summed E-state index contributed by atoms with van der Waals surface area (Å²) in [6.07, 6.45) is 6.30. The van der Waals surface area contributed by atoms with E-state index in [1.807, 2.05) is 0 Å². The molecule has 0 saturated carbocycles. The van der Waals surface area contributed by atoms with Crippen LogP contribution < -0.4 is 10.6 Å². The van der Waals surface area contributed by atoms with E-state index in [4.69, 9.17) is 0 Å². The molecule has 1 aromatic rings. The van der Waals surface area contributed by atoms with E-state index in [-0.39, 0.29) is 5.91 Å². The molecule has 0 aliphatic heterocycles. The van der Waals surface area contributed by atoms with Crippen molar-refractivity contribution in [1.82, 2.24) is 10.3 Å². The van der Waals surface area contributed by atoms with Crippen molar-refractivity contribution >= 4 is 11.7 Å². The quantitative estimate of drug-likeness (QED) is 0.714. The van der Waals surface area contributed by atoms with Gasteiger partial charge < -0.3 is 10.6 Å². The Morgan fingerprint density at radius 1 is 1.35 bits per heavy atom. The van der Waals surface area contributed by atoms with Gasteiger partial charge in [-0.2, -0.15) is 0 Å². The molecule has 1 aromatic heterocycles. The van der Waals surface area contributed by atoms with E-state index in [2.05, 4.69) is 22.5 Å². The molecule has 0 aromatic carbocycles. The fraction of sp³-hybridized carbons (Fsp3) is 0.538. The van der Waals surface area contributed by atoms with E-state index < -0.39 is 0 Å². The van der Waals surface area contributed by atoms with Crippen LogP contribution in [0, 0.1) is 0 Å². The topological polar surface area (TPSA) is 54.0 Å². The van der Waals surface area contributed by atoms with Crippen LogP contribution in [-0.4, -0.2) is 24.5 Å². The Morgan fingerprint density at radius 2 is 2.18 bits per heavy atom. The van der Waals surface area contributed by atoms with Crippen molar-refractivity contribution in [2.24, 2.45) is 0 Å². The molecule has 1 rings (SSSR count). The van der Waals surface area contributed by atoms with Crippen LogP contribution >= 0.6 is 0 Å². The summed E-state index contributed by atoms with van der Waals surface area (Å²) in [6.45, 7) is 2.92. The zero-order chi connectivity index (χ0) is 12.5. The fourth-order valence-electron chi connectivity index (χ4n) is 1.56. The van der Waals surface area contributed by atoms with E-state index >= 15 is 0 Å². The lowest BCUT2D eigenvalue weighted by molar-refractivity contribution is 0.0953. The summed E-state index contributed by atoms with van der Waals surface area (Å²) in [6, 6.07) is 3.48. The first-order valence-electron chi connectivity index (χ1n) is 6.20. The van der Waals surface area contributed by atoms with Crippen LogP contribution in [0.3, 0.4) is 0 Å². The highest BCUT2D eigenvalue weighted by molar-refractivity contribution is 5.94. The molecule has 4 nitrogen and oxygen atoms in total. The van der Waals surface area contributed by atoms with Crippen molar-refractivity contribution in [1.29, 1.82) is 0 Å². The van der Waals surface area contributed by atoms with Crippen LogP contribution in [0.4, 0.5) is 5.82 Å². The van der Waals surface area contributed by atoms with E-state index in [1.54, 1.807) is 25.4 Å². The molecule has 0 atom stereocenters. The largest absolute Gasteiger partial charge is 0.373 e. The summed E-state index contributed by atoms with van der Waals surface area (Å²) in [5, 5.41) is 5.83. The number of hydrogen-bond donors (Lipinski definition) is 2. The molecule has 0 spiro atoms. The molecule has 2 N–H and O–H groups in total. The molecule has 0 aliphatic rings. The second-order valence-corrected chi connectivity index (χ2v) is 4.00. The predicted molar refractivity (Wildman–Crippen MR) is 70.3 cm³/mol. The number of anilines is 1. The first-order valence-corrected chi connectivity index (χ1v) is 6.20. The summed E-state index contributed by atoms with van der Waals surface area (Å²) in [7, 11) is 1.79. The monoisotopic (exact) mass is 235 g/mol. The van der Waals surface area contributed by atoms with Gasteiger partial charge in [-0.1, -0.05) is 26.2 Å². The minimum atomic E-state index is -0.0274. The summed E-state index contributed by atoms with van der Waals surface area (Å²) in [5.74, 6) is 0.684. The van der Waals surface area contributed by atoms with E-state index in [0.717, 1.165) is 13.0 Å². The number of carbonyl (C=O) groups is 1. The minimum Gasteiger partial charge on any atom is -0.373 e. The predicted octanol–water partition coefficient (Wildman–Crippen LogP) is 2.43. The molecular weight excluding hydrogens is 214 g/mol. The lowest BCUT2D eigenvalue weighted by Crippen LogP contribution is -2.24. The van der Waals surface area contributed by atoms with Crippen LogP contribution in [0.25, 0.3) is 0 Å².